The molecule has 0 N–H and O–H groups in total. The number of pyridine rings is 1. The van der Waals surface area contributed by atoms with Gasteiger partial charge in [0, 0.05) is 8.96 Å². The second-order valence-electron chi connectivity index (χ2n) is 3.97. The summed E-state index contributed by atoms with van der Waals surface area (Å²) in [5.74, 6) is 0. The predicted octanol–water partition coefficient (Wildman–Crippen LogP) is 5.13. The maximum Gasteiger partial charge on any atom is 0.433 e. The van der Waals surface area contributed by atoms with Crippen LogP contribution in [0.4, 0.5) is 13.2 Å². The molecule has 0 aliphatic heterocycles. The van der Waals surface area contributed by atoms with E-state index >= 15 is 0 Å². The van der Waals surface area contributed by atoms with Crippen LogP contribution in [0.15, 0.2) is 12.1 Å². The van der Waals surface area contributed by atoms with Gasteiger partial charge in [0.15, 0.2) is 0 Å². The van der Waals surface area contributed by atoms with Gasteiger partial charge < -0.3 is 0 Å². The first-order valence-electron chi connectivity index (χ1n) is 5.05. The number of benzene rings is 1. The minimum Gasteiger partial charge on any atom is -0.243 e. The molecule has 0 amide bonds. The highest BCUT2D eigenvalue weighted by molar-refractivity contribution is 14.1. The van der Waals surface area contributed by atoms with Gasteiger partial charge in [-0.1, -0.05) is 17.7 Å². The van der Waals surface area contributed by atoms with Crippen LogP contribution in [0.25, 0.3) is 10.9 Å². The number of fused-ring (bicyclic) bond motifs is 1. The summed E-state index contributed by atoms with van der Waals surface area (Å²) in [6.07, 6.45) is -4.49. The van der Waals surface area contributed by atoms with Crippen LogP contribution in [-0.2, 0) is 6.18 Å². The van der Waals surface area contributed by atoms with E-state index in [9.17, 15) is 13.2 Å². The van der Waals surface area contributed by atoms with E-state index < -0.39 is 11.9 Å². The summed E-state index contributed by atoms with van der Waals surface area (Å²) in [5, 5.41) is 0.673. The molecule has 1 aromatic heterocycles. The van der Waals surface area contributed by atoms with Gasteiger partial charge in [0.2, 0.25) is 0 Å². The van der Waals surface area contributed by atoms with E-state index in [1.54, 1.807) is 13.0 Å². The molecule has 0 spiro atoms. The largest absolute Gasteiger partial charge is 0.433 e. The Labute approximate surface area is 120 Å². The first kappa shape index (κ1) is 13.9. The second kappa shape index (κ2) is 4.52. The minimum absolute atomic E-state index is 0.0303. The normalized spacial score (nSPS) is 12.2. The Hall–Kier alpha value is -0.560. The van der Waals surface area contributed by atoms with Gasteiger partial charge in [0.05, 0.1) is 10.5 Å². The van der Waals surface area contributed by atoms with Gasteiger partial charge in [0.1, 0.15) is 5.69 Å². The molecule has 0 aliphatic rings. The quantitative estimate of drug-likeness (QED) is 0.573. The highest BCUT2D eigenvalue weighted by Gasteiger charge is 2.36. The van der Waals surface area contributed by atoms with Crippen LogP contribution in [0.1, 0.15) is 16.8 Å². The molecule has 0 bridgehead atoms. The molecular weight excluding hydrogens is 377 g/mol. The molecule has 1 heterocycles. The van der Waals surface area contributed by atoms with Gasteiger partial charge >= 0.3 is 6.18 Å². The van der Waals surface area contributed by atoms with E-state index in [1.165, 1.54) is 6.92 Å². The number of hydrogen-bond acceptors (Lipinski definition) is 1. The lowest BCUT2D eigenvalue weighted by Crippen LogP contribution is -2.11. The molecule has 0 atom stereocenters. The second-order valence-corrected chi connectivity index (χ2v) is 5.51. The number of alkyl halides is 3. The number of rotatable bonds is 0. The molecule has 1 nitrogen and oxygen atoms in total. The molecule has 96 valence electrons. The Bertz CT molecular complexity index is 637. The molecule has 0 fully saturated rings. The summed E-state index contributed by atoms with van der Waals surface area (Å²) in [6.45, 7) is 3.08. The molecule has 0 aliphatic carbocycles. The number of aromatic nitrogens is 1. The third-order valence-electron chi connectivity index (χ3n) is 2.78. The SMILES string of the molecule is Cc1c(C(F)(F)F)nc2c(C)c(I)ccc2c1Cl. The fourth-order valence-corrected chi connectivity index (χ4v) is 2.45. The Kier molecular flexibility index (Phi) is 3.48. The van der Waals surface area contributed by atoms with Crippen LogP contribution < -0.4 is 0 Å². The van der Waals surface area contributed by atoms with Crippen LogP contribution >= 0.6 is 34.2 Å². The molecule has 2 aromatic rings. The van der Waals surface area contributed by atoms with E-state index in [0.29, 0.717) is 16.5 Å². The summed E-state index contributed by atoms with van der Waals surface area (Å²) in [7, 11) is 0. The average molecular weight is 386 g/mol. The van der Waals surface area contributed by atoms with E-state index in [-0.39, 0.29) is 10.6 Å². The molecule has 18 heavy (non-hydrogen) atoms. The van der Waals surface area contributed by atoms with Gasteiger partial charge in [-0.05, 0) is 53.6 Å². The van der Waals surface area contributed by atoms with Gasteiger partial charge in [-0.2, -0.15) is 13.2 Å². The average Bonchev–Trinajstić information content (AvgIpc) is 2.26. The van der Waals surface area contributed by atoms with Gasteiger partial charge in [-0.15, -0.1) is 0 Å². The van der Waals surface area contributed by atoms with Crippen molar-refractivity contribution in [3.63, 3.8) is 0 Å². The van der Waals surface area contributed by atoms with Crippen LogP contribution in [-0.4, -0.2) is 4.98 Å². The van der Waals surface area contributed by atoms with E-state index in [2.05, 4.69) is 27.6 Å². The van der Waals surface area contributed by atoms with Crippen molar-refractivity contribution in [1.82, 2.24) is 4.98 Å². The van der Waals surface area contributed by atoms with Crippen LogP contribution in [0.5, 0.6) is 0 Å². The fourth-order valence-electron chi connectivity index (χ4n) is 1.77. The molecular formula is C12H8ClF3IN. The highest BCUT2D eigenvalue weighted by Crippen LogP contribution is 2.37. The van der Waals surface area contributed by atoms with Crippen molar-refractivity contribution >= 4 is 45.1 Å². The summed E-state index contributed by atoms with van der Waals surface area (Å²) in [6, 6.07) is 3.52. The van der Waals surface area contributed by atoms with Gasteiger partial charge in [-0.3, -0.25) is 0 Å². The topological polar surface area (TPSA) is 12.9 Å². The van der Waals surface area contributed by atoms with Crippen molar-refractivity contribution in [2.24, 2.45) is 0 Å². The summed E-state index contributed by atoms with van der Waals surface area (Å²) in [5.41, 5.74) is 0.0766. The number of nitrogens with zero attached hydrogens (tertiary/aromatic N) is 1. The number of aryl methyl sites for hydroxylation is 1. The molecule has 0 saturated heterocycles. The Morgan fingerprint density at radius 1 is 1.17 bits per heavy atom. The molecule has 0 radical (unpaired) electrons. The number of halogens is 5. The summed E-state index contributed by atoms with van der Waals surface area (Å²) in [4.78, 5) is 3.75. The highest BCUT2D eigenvalue weighted by atomic mass is 127. The standard InChI is InChI=1S/C12H8ClF3IN/c1-5-8(17)4-3-7-9(13)6(2)11(12(14,15)16)18-10(5)7/h3-4H,1-2H3. The molecule has 6 heteroatoms. The van der Waals surface area contributed by atoms with Gasteiger partial charge in [0.25, 0.3) is 0 Å². The third kappa shape index (κ3) is 2.18. The zero-order chi connectivity index (χ0) is 13.7. The van der Waals surface area contributed by atoms with Crippen LogP contribution in [0.3, 0.4) is 0 Å². The smallest absolute Gasteiger partial charge is 0.243 e. The lowest BCUT2D eigenvalue weighted by atomic mass is 10.1. The summed E-state index contributed by atoms with van der Waals surface area (Å²) >= 11 is 8.08. The van der Waals surface area contributed by atoms with Crippen molar-refractivity contribution in [2.75, 3.05) is 0 Å². The zero-order valence-corrected chi connectivity index (χ0v) is 12.4. The van der Waals surface area contributed by atoms with E-state index in [1.807, 2.05) is 6.07 Å². The maximum atomic E-state index is 12.9. The van der Waals surface area contributed by atoms with Gasteiger partial charge in [-0.25, -0.2) is 4.98 Å². The maximum absolute atomic E-state index is 12.9. The van der Waals surface area contributed by atoms with E-state index in [4.69, 9.17) is 11.6 Å². The minimum atomic E-state index is -4.49. The zero-order valence-electron chi connectivity index (χ0n) is 9.49. The molecule has 2 rings (SSSR count). The first-order valence-corrected chi connectivity index (χ1v) is 6.51. The first-order chi connectivity index (χ1) is 8.23. The molecule has 0 unspecified atom stereocenters. The van der Waals surface area contributed by atoms with E-state index in [0.717, 1.165) is 3.57 Å². The summed E-state index contributed by atoms with van der Waals surface area (Å²) < 4.78 is 39.5. The number of hydrogen-bond donors (Lipinski definition) is 0. The Balaban J connectivity index is 2.94. The van der Waals surface area contributed by atoms with Crippen LogP contribution in [0.2, 0.25) is 5.02 Å². The fraction of sp³-hybridized carbons (Fsp3) is 0.250. The molecule has 1 aromatic carbocycles. The lowest BCUT2D eigenvalue weighted by molar-refractivity contribution is -0.141. The monoisotopic (exact) mass is 385 g/mol. The lowest BCUT2D eigenvalue weighted by Gasteiger charge is -2.14. The van der Waals surface area contributed by atoms with Crippen LogP contribution in [0, 0.1) is 17.4 Å². The Morgan fingerprint density at radius 2 is 1.78 bits per heavy atom. The van der Waals surface area contributed by atoms with Crippen molar-refractivity contribution < 1.29 is 13.2 Å². The van der Waals surface area contributed by atoms with Crippen molar-refractivity contribution in [1.29, 1.82) is 0 Å². The third-order valence-corrected chi connectivity index (χ3v) is 4.43. The molecule has 0 saturated carbocycles. The predicted molar refractivity (Wildman–Crippen MR) is 73.9 cm³/mol. The van der Waals surface area contributed by atoms with Crippen molar-refractivity contribution in [3.8, 4) is 0 Å². The van der Waals surface area contributed by atoms with Crippen molar-refractivity contribution in [2.45, 2.75) is 20.0 Å². The van der Waals surface area contributed by atoms with Crippen molar-refractivity contribution in [3.05, 3.63) is 37.5 Å². The Morgan fingerprint density at radius 3 is 2.33 bits per heavy atom.